The Morgan fingerprint density at radius 3 is 2.39 bits per heavy atom. The molecule has 0 heterocycles. The van der Waals surface area contributed by atoms with E-state index in [1.807, 2.05) is 37.3 Å². The van der Waals surface area contributed by atoms with Crippen LogP contribution in [-0.2, 0) is 16.1 Å². The largest absolute Gasteiger partial charge is 0.494 e. The summed E-state index contributed by atoms with van der Waals surface area (Å²) in [6.45, 7) is 2.79. The van der Waals surface area contributed by atoms with E-state index in [0.717, 1.165) is 11.3 Å². The van der Waals surface area contributed by atoms with Crippen LogP contribution in [0.1, 0.15) is 12.5 Å². The van der Waals surface area contributed by atoms with Gasteiger partial charge in [-0.3, -0.25) is 9.59 Å². The Labute approximate surface area is 143 Å². The van der Waals surface area contributed by atoms with Crippen LogP contribution in [0.25, 0.3) is 0 Å². The second-order valence-corrected chi connectivity index (χ2v) is 5.55. The zero-order chi connectivity index (χ0) is 16.7. The summed E-state index contributed by atoms with van der Waals surface area (Å²) in [6, 6.07) is 14.4. The lowest BCUT2D eigenvalue weighted by atomic mass is 10.2. The van der Waals surface area contributed by atoms with Crippen molar-refractivity contribution in [2.45, 2.75) is 13.5 Å². The minimum atomic E-state index is -0.706. The predicted octanol–water partition coefficient (Wildman–Crippen LogP) is 3.10. The van der Waals surface area contributed by atoms with Crippen LogP contribution in [-0.4, -0.2) is 18.4 Å². The minimum absolute atomic E-state index is 0.272. The summed E-state index contributed by atoms with van der Waals surface area (Å²) in [6.07, 6.45) is 0. The number of hydrogen-bond acceptors (Lipinski definition) is 3. The van der Waals surface area contributed by atoms with E-state index in [0.29, 0.717) is 16.8 Å². The van der Waals surface area contributed by atoms with Gasteiger partial charge in [-0.1, -0.05) is 24.3 Å². The third-order valence-corrected chi connectivity index (χ3v) is 3.71. The number of rotatable bonds is 5. The average molecular weight is 377 g/mol. The topological polar surface area (TPSA) is 67.4 Å². The number of nitrogens with one attached hydrogen (secondary N) is 2. The normalized spacial score (nSPS) is 10.0. The van der Waals surface area contributed by atoms with E-state index in [9.17, 15) is 9.59 Å². The van der Waals surface area contributed by atoms with Crippen LogP contribution in [0, 0.1) is 0 Å². The SMILES string of the molecule is CCOc1ccc(CNC(=O)C(=O)Nc2ccccc2Br)cc1. The molecule has 0 aliphatic heterocycles. The van der Waals surface area contributed by atoms with Crippen LogP contribution in [0.2, 0.25) is 0 Å². The predicted molar refractivity (Wildman–Crippen MR) is 92.2 cm³/mol. The molecule has 120 valence electrons. The summed E-state index contributed by atoms with van der Waals surface area (Å²) in [7, 11) is 0. The summed E-state index contributed by atoms with van der Waals surface area (Å²) < 4.78 is 6.06. The molecule has 0 saturated carbocycles. The first-order valence-corrected chi connectivity index (χ1v) is 7.95. The summed E-state index contributed by atoms with van der Waals surface area (Å²) in [5.41, 5.74) is 1.43. The summed E-state index contributed by atoms with van der Waals surface area (Å²) in [5.74, 6) is -0.619. The molecule has 0 aliphatic carbocycles. The second-order valence-electron chi connectivity index (χ2n) is 4.69. The van der Waals surface area contributed by atoms with Gasteiger partial charge in [0, 0.05) is 11.0 Å². The van der Waals surface area contributed by atoms with Crippen molar-refractivity contribution in [1.29, 1.82) is 0 Å². The molecular formula is C17H17BrN2O3. The molecule has 2 rings (SSSR count). The number of ether oxygens (including phenoxy) is 1. The maximum atomic E-state index is 11.9. The van der Waals surface area contributed by atoms with Crippen molar-refractivity contribution < 1.29 is 14.3 Å². The van der Waals surface area contributed by atoms with Gasteiger partial charge in [-0.15, -0.1) is 0 Å². The van der Waals surface area contributed by atoms with Gasteiger partial charge in [0.1, 0.15) is 5.75 Å². The van der Waals surface area contributed by atoms with E-state index in [-0.39, 0.29) is 6.54 Å². The Kier molecular flexibility index (Phi) is 6.17. The molecule has 0 unspecified atom stereocenters. The van der Waals surface area contributed by atoms with Crippen LogP contribution in [0.4, 0.5) is 5.69 Å². The molecule has 0 saturated heterocycles. The lowest BCUT2D eigenvalue weighted by Gasteiger charge is -2.08. The molecule has 2 amide bonds. The van der Waals surface area contributed by atoms with Crippen LogP contribution in [0.5, 0.6) is 5.75 Å². The molecule has 0 aromatic heterocycles. The number of para-hydroxylation sites is 1. The molecule has 0 fully saturated rings. The molecule has 2 aromatic carbocycles. The highest BCUT2D eigenvalue weighted by atomic mass is 79.9. The Balaban J connectivity index is 1.86. The fraction of sp³-hybridized carbons (Fsp3) is 0.176. The van der Waals surface area contributed by atoms with Gasteiger partial charge in [0.05, 0.1) is 12.3 Å². The van der Waals surface area contributed by atoms with E-state index in [2.05, 4.69) is 26.6 Å². The molecule has 23 heavy (non-hydrogen) atoms. The maximum Gasteiger partial charge on any atom is 0.313 e. The van der Waals surface area contributed by atoms with Gasteiger partial charge in [-0.05, 0) is 52.7 Å². The molecular weight excluding hydrogens is 360 g/mol. The van der Waals surface area contributed by atoms with Crippen molar-refractivity contribution in [1.82, 2.24) is 5.32 Å². The van der Waals surface area contributed by atoms with Gasteiger partial charge in [0.25, 0.3) is 0 Å². The van der Waals surface area contributed by atoms with Crippen molar-refractivity contribution in [3.8, 4) is 5.75 Å². The number of amides is 2. The monoisotopic (exact) mass is 376 g/mol. The molecule has 2 N–H and O–H groups in total. The van der Waals surface area contributed by atoms with Gasteiger partial charge >= 0.3 is 11.8 Å². The van der Waals surface area contributed by atoms with Gasteiger partial charge in [0.2, 0.25) is 0 Å². The van der Waals surface area contributed by atoms with Crippen LogP contribution < -0.4 is 15.4 Å². The van der Waals surface area contributed by atoms with Gasteiger partial charge in [-0.25, -0.2) is 0 Å². The summed E-state index contributed by atoms with van der Waals surface area (Å²) in [4.78, 5) is 23.7. The average Bonchev–Trinajstić information content (AvgIpc) is 2.56. The number of carbonyl (C=O) groups is 2. The number of carbonyl (C=O) groups excluding carboxylic acids is 2. The first kappa shape index (κ1) is 17.0. The fourth-order valence-electron chi connectivity index (χ4n) is 1.87. The molecule has 6 heteroatoms. The Bertz CT molecular complexity index is 686. The Morgan fingerprint density at radius 2 is 1.74 bits per heavy atom. The van der Waals surface area contributed by atoms with Crippen molar-refractivity contribution in [2.75, 3.05) is 11.9 Å². The summed E-state index contributed by atoms with van der Waals surface area (Å²) in [5, 5.41) is 5.14. The molecule has 0 spiro atoms. The molecule has 2 aromatic rings. The highest BCUT2D eigenvalue weighted by molar-refractivity contribution is 9.10. The number of hydrogen-bond donors (Lipinski definition) is 2. The van der Waals surface area contributed by atoms with E-state index in [1.165, 1.54) is 0 Å². The second kappa shape index (κ2) is 8.33. The molecule has 0 atom stereocenters. The zero-order valence-corrected chi connectivity index (χ0v) is 14.2. The summed E-state index contributed by atoms with van der Waals surface area (Å²) >= 11 is 3.31. The van der Waals surface area contributed by atoms with Crippen molar-refractivity contribution in [2.24, 2.45) is 0 Å². The number of anilines is 1. The highest BCUT2D eigenvalue weighted by Crippen LogP contribution is 2.20. The van der Waals surface area contributed by atoms with Crippen molar-refractivity contribution in [3.05, 3.63) is 58.6 Å². The lowest BCUT2D eigenvalue weighted by molar-refractivity contribution is -0.136. The molecule has 0 radical (unpaired) electrons. The molecule has 0 aliphatic rings. The van der Waals surface area contributed by atoms with Crippen LogP contribution in [0.3, 0.4) is 0 Å². The number of benzene rings is 2. The van der Waals surface area contributed by atoms with Gasteiger partial charge < -0.3 is 15.4 Å². The first-order chi connectivity index (χ1) is 11.1. The minimum Gasteiger partial charge on any atom is -0.494 e. The van der Waals surface area contributed by atoms with E-state index < -0.39 is 11.8 Å². The third kappa shape index (κ3) is 5.10. The Hall–Kier alpha value is -2.34. The van der Waals surface area contributed by atoms with E-state index in [1.54, 1.807) is 18.2 Å². The highest BCUT2D eigenvalue weighted by Gasteiger charge is 2.14. The van der Waals surface area contributed by atoms with Crippen LogP contribution in [0.15, 0.2) is 53.0 Å². The molecule has 5 nitrogen and oxygen atoms in total. The fourth-order valence-corrected chi connectivity index (χ4v) is 2.26. The van der Waals surface area contributed by atoms with Gasteiger partial charge in [-0.2, -0.15) is 0 Å². The van der Waals surface area contributed by atoms with Crippen molar-refractivity contribution >= 4 is 33.4 Å². The smallest absolute Gasteiger partial charge is 0.313 e. The third-order valence-electron chi connectivity index (χ3n) is 3.02. The maximum absolute atomic E-state index is 11.9. The van der Waals surface area contributed by atoms with Gasteiger partial charge in [0.15, 0.2) is 0 Å². The zero-order valence-electron chi connectivity index (χ0n) is 12.6. The number of halogens is 1. The van der Waals surface area contributed by atoms with Crippen LogP contribution >= 0.6 is 15.9 Å². The quantitative estimate of drug-likeness (QED) is 0.787. The molecule has 0 bridgehead atoms. The lowest BCUT2D eigenvalue weighted by Crippen LogP contribution is -2.35. The Morgan fingerprint density at radius 1 is 1.04 bits per heavy atom. The van der Waals surface area contributed by atoms with Crippen molar-refractivity contribution in [3.63, 3.8) is 0 Å². The first-order valence-electron chi connectivity index (χ1n) is 7.15. The standard InChI is InChI=1S/C17H17BrN2O3/c1-2-23-13-9-7-12(8-10-13)11-19-16(21)17(22)20-15-6-4-3-5-14(15)18/h3-10H,2,11H2,1H3,(H,19,21)(H,20,22). The van der Waals surface area contributed by atoms with E-state index >= 15 is 0 Å². The van der Waals surface area contributed by atoms with E-state index in [4.69, 9.17) is 4.74 Å².